The van der Waals surface area contributed by atoms with Crippen molar-refractivity contribution in [3.05, 3.63) is 29.8 Å². The molecule has 0 saturated carbocycles. The summed E-state index contributed by atoms with van der Waals surface area (Å²) in [4.78, 5) is 2.39. The molecule has 3 nitrogen and oxygen atoms in total. The fourth-order valence-electron chi connectivity index (χ4n) is 2.32. The number of ether oxygens (including phenoxy) is 1. The molecule has 1 saturated heterocycles. The quantitative estimate of drug-likeness (QED) is 0.865. The summed E-state index contributed by atoms with van der Waals surface area (Å²) < 4.78 is 5.23. The Morgan fingerprint density at radius 2 is 2.00 bits per heavy atom. The summed E-state index contributed by atoms with van der Waals surface area (Å²) in [6, 6.07) is 9.02. The van der Waals surface area contributed by atoms with Crippen molar-refractivity contribution in [1.82, 2.24) is 4.90 Å². The summed E-state index contributed by atoms with van der Waals surface area (Å²) in [5, 5.41) is 3.65. The number of nitrogens with zero attached hydrogens (tertiary/aromatic N) is 1. The maximum atomic E-state index is 5.23. The second kappa shape index (κ2) is 6.03. The normalized spacial score (nSPS) is 18.2. The van der Waals surface area contributed by atoms with Gasteiger partial charge in [-0.15, -0.1) is 0 Å². The van der Waals surface area contributed by atoms with Gasteiger partial charge in [0.1, 0.15) is 0 Å². The van der Waals surface area contributed by atoms with Crippen LogP contribution in [0.3, 0.4) is 0 Å². The Balaban J connectivity index is 1.98. The van der Waals surface area contributed by atoms with Gasteiger partial charge in [-0.1, -0.05) is 18.2 Å². The SMILES string of the molecule is COCc1ccccc1NC1CCN(C)CC1. The summed E-state index contributed by atoms with van der Waals surface area (Å²) >= 11 is 0. The first-order valence-corrected chi connectivity index (χ1v) is 6.31. The van der Waals surface area contributed by atoms with Crippen LogP contribution < -0.4 is 5.32 Å². The smallest absolute Gasteiger partial charge is 0.0733 e. The number of nitrogens with one attached hydrogen (secondary N) is 1. The van der Waals surface area contributed by atoms with Crippen molar-refractivity contribution in [1.29, 1.82) is 0 Å². The van der Waals surface area contributed by atoms with Gasteiger partial charge in [-0.05, 0) is 39.0 Å². The van der Waals surface area contributed by atoms with Gasteiger partial charge in [-0.2, -0.15) is 0 Å². The highest BCUT2D eigenvalue weighted by Crippen LogP contribution is 2.20. The predicted octanol–water partition coefficient (Wildman–Crippen LogP) is 2.34. The second-order valence-corrected chi connectivity index (χ2v) is 4.81. The molecule has 1 aromatic rings. The summed E-state index contributed by atoms with van der Waals surface area (Å²) in [6.07, 6.45) is 2.44. The van der Waals surface area contributed by atoms with E-state index in [0.29, 0.717) is 12.6 Å². The zero-order valence-electron chi connectivity index (χ0n) is 10.8. The first-order valence-electron chi connectivity index (χ1n) is 6.31. The Labute approximate surface area is 104 Å². The van der Waals surface area contributed by atoms with Gasteiger partial charge in [0, 0.05) is 24.4 Å². The van der Waals surface area contributed by atoms with Crippen LogP contribution in [-0.2, 0) is 11.3 Å². The maximum absolute atomic E-state index is 5.23. The third-order valence-corrected chi connectivity index (χ3v) is 3.40. The van der Waals surface area contributed by atoms with Gasteiger partial charge in [-0.25, -0.2) is 0 Å². The molecular formula is C14H22N2O. The Bertz CT molecular complexity index is 346. The highest BCUT2D eigenvalue weighted by molar-refractivity contribution is 5.51. The topological polar surface area (TPSA) is 24.5 Å². The Kier molecular flexibility index (Phi) is 4.40. The molecule has 1 heterocycles. The lowest BCUT2D eigenvalue weighted by molar-refractivity contribution is 0.185. The number of likely N-dealkylation sites (tertiary alicyclic amines) is 1. The molecular weight excluding hydrogens is 212 g/mol. The summed E-state index contributed by atoms with van der Waals surface area (Å²) in [7, 11) is 3.93. The van der Waals surface area contributed by atoms with Gasteiger partial charge in [0.05, 0.1) is 6.61 Å². The highest BCUT2D eigenvalue weighted by atomic mass is 16.5. The van der Waals surface area contributed by atoms with Crippen LogP contribution in [0.4, 0.5) is 5.69 Å². The molecule has 1 N–H and O–H groups in total. The maximum Gasteiger partial charge on any atom is 0.0733 e. The molecule has 2 rings (SSSR count). The van der Waals surface area contributed by atoms with Crippen molar-refractivity contribution < 1.29 is 4.74 Å². The number of hydrogen-bond acceptors (Lipinski definition) is 3. The van der Waals surface area contributed by atoms with Gasteiger partial charge < -0.3 is 15.0 Å². The minimum Gasteiger partial charge on any atom is -0.382 e. The van der Waals surface area contributed by atoms with Crippen molar-refractivity contribution in [2.45, 2.75) is 25.5 Å². The molecule has 0 radical (unpaired) electrons. The van der Waals surface area contributed by atoms with E-state index in [-0.39, 0.29) is 0 Å². The molecule has 1 aromatic carbocycles. The Morgan fingerprint density at radius 1 is 1.29 bits per heavy atom. The molecule has 17 heavy (non-hydrogen) atoms. The third kappa shape index (κ3) is 3.45. The molecule has 0 aliphatic carbocycles. The van der Waals surface area contributed by atoms with Crippen molar-refractivity contribution in [3.8, 4) is 0 Å². The van der Waals surface area contributed by atoms with E-state index < -0.39 is 0 Å². The standard InChI is InChI=1S/C14H22N2O/c1-16-9-7-13(8-10-16)15-14-6-4-3-5-12(14)11-17-2/h3-6,13,15H,7-11H2,1-2H3. The molecule has 1 aliphatic rings. The molecule has 3 heteroatoms. The minimum atomic E-state index is 0.601. The van der Waals surface area contributed by atoms with Crippen LogP contribution in [0, 0.1) is 0 Å². The zero-order valence-corrected chi connectivity index (χ0v) is 10.8. The van der Waals surface area contributed by atoms with Crippen LogP contribution in [0.15, 0.2) is 24.3 Å². The lowest BCUT2D eigenvalue weighted by atomic mass is 10.0. The number of rotatable bonds is 4. The zero-order chi connectivity index (χ0) is 12.1. The van der Waals surface area contributed by atoms with Crippen LogP contribution in [0.2, 0.25) is 0 Å². The molecule has 0 spiro atoms. The van der Waals surface area contributed by atoms with Gasteiger partial charge >= 0.3 is 0 Å². The lowest BCUT2D eigenvalue weighted by Gasteiger charge is -2.30. The lowest BCUT2D eigenvalue weighted by Crippen LogP contribution is -2.36. The molecule has 1 aliphatic heterocycles. The first-order chi connectivity index (χ1) is 8.29. The molecule has 94 valence electrons. The van der Waals surface area contributed by atoms with E-state index in [1.807, 2.05) is 0 Å². The minimum absolute atomic E-state index is 0.601. The van der Waals surface area contributed by atoms with Crippen LogP contribution in [0.5, 0.6) is 0 Å². The molecule has 1 fully saturated rings. The number of anilines is 1. The van der Waals surface area contributed by atoms with Crippen molar-refractivity contribution in [2.75, 3.05) is 32.6 Å². The summed E-state index contributed by atoms with van der Waals surface area (Å²) in [5.41, 5.74) is 2.47. The van der Waals surface area contributed by atoms with Gasteiger partial charge in [0.25, 0.3) is 0 Å². The van der Waals surface area contributed by atoms with Crippen molar-refractivity contribution in [3.63, 3.8) is 0 Å². The van der Waals surface area contributed by atoms with Gasteiger partial charge in [-0.3, -0.25) is 0 Å². The van der Waals surface area contributed by atoms with E-state index in [9.17, 15) is 0 Å². The number of para-hydroxylation sites is 1. The Morgan fingerprint density at radius 3 is 2.71 bits per heavy atom. The van der Waals surface area contributed by atoms with E-state index in [1.165, 1.54) is 37.2 Å². The van der Waals surface area contributed by atoms with E-state index in [4.69, 9.17) is 4.74 Å². The summed E-state index contributed by atoms with van der Waals surface area (Å²) in [6.45, 7) is 3.05. The molecule has 0 unspecified atom stereocenters. The monoisotopic (exact) mass is 234 g/mol. The predicted molar refractivity (Wildman–Crippen MR) is 71.3 cm³/mol. The van der Waals surface area contributed by atoms with E-state index in [0.717, 1.165) is 0 Å². The van der Waals surface area contributed by atoms with Gasteiger partial charge in [0.15, 0.2) is 0 Å². The molecule has 0 aromatic heterocycles. The first kappa shape index (κ1) is 12.4. The summed E-state index contributed by atoms with van der Waals surface area (Å²) in [5.74, 6) is 0. The fourth-order valence-corrected chi connectivity index (χ4v) is 2.32. The Hall–Kier alpha value is -1.06. The van der Waals surface area contributed by atoms with E-state index >= 15 is 0 Å². The van der Waals surface area contributed by atoms with E-state index in [2.05, 4.69) is 41.5 Å². The molecule has 0 bridgehead atoms. The number of piperidine rings is 1. The van der Waals surface area contributed by atoms with Crippen molar-refractivity contribution >= 4 is 5.69 Å². The van der Waals surface area contributed by atoms with Crippen LogP contribution >= 0.6 is 0 Å². The largest absolute Gasteiger partial charge is 0.382 e. The number of hydrogen-bond donors (Lipinski definition) is 1. The van der Waals surface area contributed by atoms with Gasteiger partial charge in [0.2, 0.25) is 0 Å². The third-order valence-electron chi connectivity index (χ3n) is 3.40. The van der Waals surface area contributed by atoms with E-state index in [1.54, 1.807) is 7.11 Å². The number of methoxy groups -OCH3 is 1. The molecule has 0 atom stereocenters. The second-order valence-electron chi connectivity index (χ2n) is 4.81. The van der Waals surface area contributed by atoms with Crippen LogP contribution in [0.1, 0.15) is 18.4 Å². The fraction of sp³-hybridized carbons (Fsp3) is 0.571. The average Bonchev–Trinajstić information content (AvgIpc) is 2.35. The van der Waals surface area contributed by atoms with Crippen molar-refractivity contribution in [2.24, 2.45) is 0 Å². The average molecular weight is 234 g/mol. The van der Waals surface area contributed by atoms with Crippen LogP contribution in [0.25, 0.3) is 0 Å². The molecule has 0 amide bonds. The number of benzene rings is 1. The highest BCUT2D eigenvalue weighted by Gasteiger charge is 2.16. The van der Waals surface area contributed by atoms with Crippen LogP contribution in [-0.4, -0.2) is 38.2 Å².